The zero-order chi connectivity index (χ0) is 24.1. The Hall–Kier alpha value is -3.04. The summed E-state index contributed by atoms with van der Waals surface area (Å²) in [5.74, 6) is -0.977. The van der Waals surface area contributed by atoms with Gasteiger partial charge in [-0.15, -0.1) is 0 Å². The van der Waals surface area contributed by atoms with E-state index in [-0.39, 0.29) is 12.5 Å². The highest BCUT2D eigenvalue weighted by Crippen LogP contribution is 2.44. The van der Waals surface area contributed by atoms with Gasteiger partial charge in [0.15, 0.2) is 6.10 Å². The Morgan fingerprint density at radius 2 is 1.76 bits per heavy atom. The van der Waals surface area contributed by atoms with E-state index < -0.39 is 36.7 Å². The number of hydrogen-bond acceptors (Lipinski definition) is 6. The lowest BCUT2D eigenvalue weighted by molar-refractivity contribution is -0.149. The molecule has 34 heavy (non-hydrogen) atoms. The second kappa shape index (κ2) is 10.9. The minimum atomic E-state index is -1.09. The van der Waals surface area contributed by atoms with Crippen molar-refractivity contribution in [1.82, 2.24) is 10.2 Å². The molecular formula is C25H28N2O6S. The van der Waals surface area contributed by atoms with Crippen LogP contribution < -0.4 is 5.32 Å². The van der Waals surface area contributed by atoms with Gasteiger partial charge >= 0.3 is 12.1 Å². The van der Waals surface area contributed by atoms with Crippen LogP contribution in [-0.4, -0.2) is 78.4 Å². The number of aliphatic carboxylic acids is 1. The van der Waals surface area contributed by atoms with Crippen molar-refractivity contribution in [2.45, 2.75) is 24.5 Å². The lowest BCUT2D eigenvalue weighted by Gasteiger charge is -2.26. The highest BCUT2D eigenvalue weighted by molar-refractivity contribution is 7.98. The van der Waals surface area contributed by atoms with Gasteiger partial charge in [-0.2, -0.15) is 11.8 Å². The molecule has 0 saturated carbocycles. The molecule has 0 bridgehead atoms. The third-order valence-electron chi connectivity index (χ3n) is 6.19. The second-order valence-corrected chi connectivity index (χ2v) is 9.29. The van der Waals surface area contributed by atoms with Gasteiger partial charge in [0.1, 0.15) is 13.2 Å². The average Bonchev–Trinajstić information content (AvgIpc) is 3.42. The van der Waals surface area contributed by atoms with Gasteiger partial charge in [0.05, 0.1) is 6.04 Å². The topological polar surface area (TPSA) is 105 Å². The van der Waals surface area contributed by atoms with Crippen LogP contribution in [0.15, 0.2) is 48.5 Å². The van der Waals surface area contributed by atoms with Crippen molar-refractivity contribution in [3.63, 3.8) is 0 Å². The van der Waals surface area contributed by atoms with Crippen molar-refractivity contribution in [1.29, 1.82) is 0 Å². The van der Waals surface area contributed by atoms with E-state index in [4.69, 9.17) is 14.6 Å². The average molecular weight is 485 g/mol. The first-order valence-corrected chi connectivity index (χ1v) is 12.6. The molecule has 2 atom stereocenters. The predicted molar refractivity (Wildman–Crippen MR) is 129 cm³/mol. The number of carbonyl (C=O) groups is 3. The van der Waals surface area contributed by atoms with Crippen molar-refractivity contribution in [2.75, 3.05) is 38.3 Å². The van der Waals surface area contributed by atoms with Crippen molar-refractivity contribution in [2.24, 2.45) is 0 Å². The van der Waals surface area contributed by atoms with E-state index in [1.54, 1.807) is 0 Å². The Morgan fingerprint density at radius 3 is 2.38 bits per heavy atom. The van der Waals surface area contributed by atoms with Crippen LogP contribution in [-0.2, 0) is 19.1 Å². The van der Waals surface area contributed by atoms with E-state index >= 15 is 0 Å². The summed E-state index contributed by atoms with van der Waals surface area (Å²) in [6, 6.07) is 15.6. The van der Waals surface area contributed by atoms with Gasteiger partial charge < -0.3 is 24.8 Å². The first-order chi connectivity index (χ1) is 16.5. The zero-order valence-electron chi connectivity index (χ0n) is 18.9. The molecule has 2 N–H and O–H groups in total. The number of hydrogen-bond donors (Lipinski definition) is 2. The molecule has 0 spiro atoms. The fourth-order valence-corrected chi connectivity index (χ4v) is 4.99. The lowest BCUT2D eigenvalue weighted by Crippen LogP contribution is -2.51. The van der Waals surface area contributed by atoms with Gasteiger partial charge in [0.2, 0.25) is 0 Å². The molecule has 0 radical (unpaired) electrons. The molecule has 1 heterocycles. The molecule has 0 aromatic heterocycles. The maximum absolute atomic E-state index is 13.0. The highest BCUT2D eigenvalue weighted by Gasteiger charge is 2.39. The number of rotatable bonds is 9. The van der Waals surface area contributed by atoms with Crippen LogP contribution in [0.25, 0.3) is 11.1 Å². The maximum Gasteiger partial charge on any atom is 0.407 e. The van der Waals surface area contributed by atoms with Crippen molar-refractivity contribution < 1.29 is 29.0 Å². The molecule has 1 saturated heterocycles. The lowest BCUT2D eigenvalue weighted by atomic mass is 9.98. The van der Waals surface area contributed by atoms with Gasteiger partial charge in [-0.1, -0.05) is 48.5 Å². The molecule has 2 amide bonds. The van der Waals surface area contributed by atoms with E-state index in [1.807, 2.05) is 42.7 Å². The van der Waals surface area contributed by atoms with E-state index in [0.717, 1.165) is 22.3 Å². The van der Waals surface area contributed by atoms with Crippen LogP contribution >= 0.6 is 11.8 Å². The Bertz CT molecular complexity index is 1020. The first kappa shape index (κ1) is 24.1. The molecule has 1 fully saturated rings. The summed E-state index contributed by atoms with van der Waals surface area (Å²) in [6.45, 7) is 0.361. The second-order valence-electron chi connectivity index (χ2n) is 8.30. The number of amides is 2. The molecule has 2 unspecified atom stereocenters. The maximum atomic E-state index is 13.0. The summed E-state index contributed by atoms with van der Waals surface area (Å²) in [7, 11) is 0. The molecule has 2 aromatic carbocycles. The quantitative estimate of drug-likeness (QED) is 0.564. The molecule has 2 aliphatic rings. The fraction of sp³-hybridized carbons (Fsp3) is 0.400. The van der Waals surface area contributed by atoms with Gasteiger partial charge in [0.25, 0.3) is 5.91 Å². The van der Waals surface area contributed by atoms with E-state index in [9.17, 15) is 14.4 Å². The Kier molecular flexibility index (Phi) is 7.74. The van der Waals surface area contributed by atoms with Crippen molar-refractivity contribution in [3.05, 3.63) is 59.7 Å². The molecule has 180 valence electrons. The minimum absolute atomic E-state index is 0.0620. The van der Waals surface area contributed by atoms with Crippen LogP contribution in [0.2, 0.25) is 0 Å². The highest BCUT2D eigenvalue weighted by atomic mass is 32.2. The van der Waals surface area contributed by atoms with Crippen LogP contribution in [0.4, 0.5) is 4.79 Å². The molecule has 1 aliphatic carbocycles. The van der Waals surface area contributed by atoms with Gasteiger partial charge in [-0.3, -0.25) is 9.59 Å². The SMILES string of the molecule is CSCCN(CC(=O)O)C(=O)C1OCCC1NC(=O)OCC1c2ccccc2-c2ccccc21. The van der Waals surface area contributed by atoms with Gasteiger partial charge in [0, 0.05) is 24.8 Å². The number of fused-ring (bicyclic) bond motifs is 3. The number of carboxylic acid groups (broad SMARTS) is 1. The van der Waals surface area contributed by atoms with E-state index in [2.05, 4.69) is 17.4 Å². The molecule has 8 nitrogen and oxygen atoms in total. The number of nitrogens with one attached hydrogen (secondary N) is 1. The summed E-state index contributed by atoms with van der Waals surface area (Å²) in [6.07, 6.45) is 0.784. The van der Waals surface area contributed by atoms with Crippen LogP contribution in [0, 0.1) is 0 Å². The van der Waals surface area contributed by atoms with Gasteiger partial charge in [-0.25, -0.2) is 4.79 Å². The number of nitrogens with zero attached hydrogens (tertiary/aromatic N) is 1. The summed E-state index contributed by atoms with van der Waals surface area (Å²) in [4.78, 5) is 38.1. The number of benzene rings is 2. The monoisotopic (exact) mass is 484 g/mol. The Balaban J connectivity index is 1.38. The van der Waals surface area contributed by atoms with Gasteiger partial charge in [-0.05, 0) is 34.9 Å². The molecule has 1 aliphatic heterocycles. The largest absolute Gasteiger partial charge is 0.480 e. The Labute approximate surface area is 202 Å². The van der Waals surface area contributed by atoms with Crippen LogP contribution in [0.1, 0.15) is 23.5 Å². The number of alkyl carbamates (subject to hydrolysis) is 1. The number of carboxylic acids is 1. The molecular weight excluding hydrogens is 456 g/mol. The number of ether oxygens (including phenoxy) is 2. The number of carbonyl (C=O) groups excluding carboxylic acids is 2. The standard InChI is InChI=1S/C25H28N2O6S/c1-34-13-11-27(14-22(28)29)24(30)23-21(10-12-32-23)26-25(31)33-15-20-18-8-4-2-6-16(18)17-7-3-5-9-19(17)20/h2-9,20-21,23H,10-15H2,1H3,(H,26,31)(H,28,29). The molecule has 2 aromatic rings. The minimum Gasteiger partial charge on any atom is -0.480 e. The summed E-state index contributed by atoms with van der Waals surface area (Å²) in [5, 5.41) is 11.9. The third kappa shape index (κ3) is 5.20. The molecule has 9 heteroatoms. The summed E-state index contributed by atoms with van der Waals surface area (Å²) < 4.78 is 11.2. The number of thioether (sulfide) groups is 1. The third-order valence-corrected chi connectivity index (χ3v) is 6.78. The van der Waals surface area contributed by atoms with Crippen molar-refractivity contribution >= 4 is 29.7 Å². The van der Waals surface area contributed by atoms with Crippen LogP contribution in [0.3, 0.4) is 0 Å². The zero-order valence-corrected chi connectivity index (χ0v) is 19.8. The first-order valence-electron chi connectivity index (χ1n) is 11.2. The fourth-order valence-electron chi connectivity index (χ4n) is 4.58. The van der Waals surface area contributed by atoms with Crippen LogP contribution in [0.5, 0.6) is 0 Å². The predicted octanol–water partition coefficient (Wildman–Crippen LogP) is 2.96. The van der Waals surface area contributed by atoms with E-state index in [0.29, 0.717) is 25.3 Å². The smallest absolute Gasteiger partial charge is 0.407 e. The van der Waals surface area contributed by atoms with E-state index in [1.165, 1.54) is 16.7 Å². The Morgan fingerprint density at radius 1 is 1.12 bits per heavy atom. The molecule has 4 rings (SSSR count). The van der Waals surface area contributed by atoms with Crippen molar-refractivity contribution in [3.8, 4) is 11.1 Å². The summed E-state index contributed by atoms with van der Waals surface area (Å²) >= 11 is 1.52. The normalized spacial score (nSPS) is 18.7. The summed E-state index contributed by atoms with van der Waals surface area (Å²) in [5.41, 5.74) is 4.52.